The summed E-state index contributed by atoms with van der Waals surface area (Å²) in [4.78, 5) is 13.3. The molecular weight excluding hydrogens is 326 g/mol. The van der Waals surface area contributed by atoms with Gasteiger partial charge in [-0.15, -0.1) is 0 Å². The molecule has 0 unspecified atom stereocenters. The van der Waals surface area contributed by atoms with Crippen LogP contribution in [-0.4, -0.2) is 39.6 Å². The molecule has 0 saturated carbocycles. The smallest absolute Gasteiger partial charge is 0.410 e. The Kier molecular flexibility index (Phi) is 5.98. The molecule has 0 aromatic heterocycles. The SMILES string of the molecule is CC(C)(C)OC(=O)N(Cc1cccc(Br)c1)CC(O)O. The lowest BCUT2D eigenvalue weighted by atomic mass is 10.2. The van der Waals surface area contributed by atoms with Gasteiger partial charge in [-0.1, -0.05) is 28.1 Å². The first kappa shape index (κ1) is 16.9. The zero-order valence-corrected chi connectivity index (χ0v) is 13.4. The topological polar surface area (TPSA) is 70.0 Å². The van der Waals surface area contributed by atoms with Gasteiger partial charge < -0.3 is 14.9 Å². The number of rotatable bonds is 4. The molecule has 0 aliphatic carbocycles. The minimum atomic E-state index is -1.60. The van der Waals surface area contributed by atoms with Crippen molar-refractivity contribution in [2.75, 3.05) is 6.54 Å². The first-order valence-electron chi connectivity index (χ1n) is 6.26. The quantitative estimate of drug-likeness (QED) is 0.822. The van der Waals surface area contributed by atoms with E-state index in [4.69, 9.17) is 14.9 Å². The second-order valence-corrected chi connectivity index (χ2v) is 6.39. The van der Waals surface area contributed by atoms with E-state index in [1.165, 1.54) is 4.90 Å². The van der Waals surface area contributed by atoms with Gasteiger partial charge in [0, 0.05) is 11.0 Å². The second kappa shape index (κ2) is 7.06. The van der Waals surface area contributed by atoms with Crippen molar-refractivity contribution in [2.24, 2.45) is 0 Å². The molecule has 5 nitrogen and oxygen atoms in total. The zero-order valence-electron chi connectivity index (χ0n) is 11.8. The molecule has 0 spiro atoms. The Bertz CT molecular complexity index is 457. The van der Waals surface area contributed by atoms with Crippen LogP contribution in [0.1, 0.15) is 26.3 Å². The number of carbonyl (C=O) groups excluding carboxylic acids is 1. The largest absolute Gasteiger partial charge is 0.444 e. The first-order chi connectivity index (χ1) is 9.17. The third-order valence-corrected chi connectivity index (χ3v) is 2.79. The van der Waals surface area contributed by atoms with Crippen LogP contribution in [0.15, 0.2) is 28.7 Å². The molecule has 112 valence electrons. The van der Waals surface area contributed by atoms with Gasteiger partial charge >= 0.3 is 6.09 Å². The maximum absolute atomic E-state index is 12.1. The summed E-state index contributed by atoms with van der Waals surface area (Å²) in [7, 11) is 0. The Hall–Kier alpha value is -1.11. The van der Waals surface area contributed by atoms with Gasteiger partial charge in [0.2, 0.25) is 0 Å². The monoisotopic (exact) mass is 345 g/mol. The molecule has 0 heterocycles. The molecule has 0 radical (unpaired) electrons. The van der Waals surface area contributed by atoms with Crippen LogP contribution in [0.3, 0.4) is 0 Å². The molecule has 1 aromatic carbocycles. The van der Waals surface area contributed by atoms with E-state index in [1.54, 1.807) is 20.8 Å². The number of nitrogens with zero attached hydrogens (tertiary/aromatic N) is 1. The van der Waals surface area contributed by atoms with E-state index >= 15 is 0 Å². The fourth-order valence-corrected chi connectivity index (χ4v) is 2.03. The Morgan fingerprint density at radius 1 is 1.40 bits per heavy atom. The Labute approximate surface area is 127 Å². The summed E-state index contributed by atoms with van der Waals surface area (Å²) >= 11 is 3.36. The van der Waals surface area contributed by atoms with Crippen molar-refractivity contribution >= 4 is 22.0 Å². The van der Waals surface area contributed by atoms with E-state index < -0.39 is 18.0 Å². The van der Waals surface area contributed by atoms with Gasteiger partial charge in [-0.05, 0) is 38.5 Å². The van der Waals surface area contributed by atoms with Crippen LogP contribution in [0.5, 0.6) is 0 Å². The lowest BCUT2D eigenvalue weighted by Gasteiger charge is -2.28. The predicted molar refractivity (Wildman–Crippen MR) is 79.0 cm³/mol. The molecule has 0 aliphatic rings. The van der Waals surface area contributed by atoms with Crippen molar-refractivity contribution in [3.05, 3.63) is 34.3 Å². The summed E-state index contributed by atoms with van der Waals surface area (Å²) in [5.74, 6) is 0. The lowest BCUT2D eigenvalue weighted by molar-refractivity contribution is -0.0663. The van der Waals surface area contributed by atoms with Crippen LogP contribution in [0, 0.1) is 0 Å². The number of halogens is 1. The second-order valence-electron chi connectivity index (χ2n) is 5.47. The summed E-state index contributed by atoms with van der Waals surface area (Å²) < 4.78 is 6.15. The third-order valence-electron chi connectivity index (χ3n) is 2.30. The van der Waals surface area contributed by atoms with Crippen LogP contribution in [0.25, 0.3) is 0 Å². The fraction of sp³-hybridized carbons (Fsp3) is 0.500. The van der Waals surface area contributed by atoms with E-state index in [1.807, 2.05) is 24.3 Å². The molecule has 0 atom stereocenters. The summed E-state index contributed by atoms with van der Waals surface area (Å²) in [5, 5.41) is 18.2. The summed E-state index contributed by atoms with van der Waals surface area (Å²) in [6, 6.07) is 7.44. The minimum absolute atomic E-state index is 0.207. The van der Waals surface area contributed by atoms with E-state index in [0.29, 0.717) is 0 Å². The van der Waals surface area contributed by atoms with E-state index in [-0.39, 0.29) is 13.1 Å². The summed E-state index contributed by atoms with van der Waals surface area (Å²) in [6.45, 7) is 5.32. The van der Waals surface area contributed by atoms with Crippen LogP contribution in [0.2, 0.25) is 0 Å². The highest BCUT2D eigenvalue weighted by Gasteiger charge is 2.23. The molecule has 1 amide bonds. The molecule has 0 aliphatic heterocycles. The van der Waals surface area contributed by atoms with Crippen molar-refractivity contribution in [3.8, 4) is 0 Å². The Morgan fingerprint density at radius 3 is 2.55 bits per heavy atom. The zero-order chi connectivity index (χ0) is 15.3. The van der Waals surface area contributed by atoms with Crippen LogP contribution in [-0.2, 0) is 11.3 Å². The van der Waals surface area contributed by atoms with Gasteiger partial charge in [0.05, 0.1) is 6.54 Å². The summed E-state index contributed by atoms with van der Waals surface area (Å²) in [5.41, 5.74) is 0.235. The summed E-state index contributed by atoms with van der Waals surface area (Å²) in [6.07, 6.45) is -2.18. The number of hydrogen-bond acceptors (Lipinski definition) is 4. The van der Waals surface area contributed by atoms with Crippen LogP contribution >= 0.6 is 15.9 Å². The molecule has 6 heteroatoms. The van der Waals surface area contributed by atoms with E-state index in [9.17, 15) is 4.79 Å². The Balaban J connectivity index is 2.81. The molecule has 20 heavy (non-hydrogen) atoms. The highest BCUT2D eigenvalue weighted by Crippen LogP contribution is 2.16. The van der Waals surface area contributed by atoms with Crippen molar-refractivity contribution < 1.29 is 19.7 Å². The average molecular weight is 346 g/mol. The van der Waals surface area contributed by atoms with Gasteiger partial charge in [0.1, 0.15) is 5.60 Å². The molecular formula is C14H20BrNO4. The highest BCUT2D eigenvalue weighted by atomic mass is 79.9. The number of aliphatic hydroxyl groups is 2. The number of ether oxygens (including phenoxy) is 1. The van der Waals surface area contributed by atoms with E-state index in [0.717, 1.165) is 10.0 Å². The van der Waals surface area contributed by atoms with Crippen molar-refractivity contribution in [1.29, 1.82) is 0 Å². The standard InChI is InChI=1S/C14H20BrNO4/c1-14(2,3)20-13(19)16(9-12(17)18)8-10-5-4-6-11(15)7-10/h4-7,12,17-18H,8-9H2,1-3H3. The van der Waals surface area contributed by atoms with Gasteiger partial charge in [0.25, 0.3) is 0 Å². The van der Waals surface area contributed by atoms with Crippen molar-refractivity contribution in [2.45, 2.75) is 39.2 Å². The molecule has 0 saturated heterocycles. The normalized spacial score (nSPS) is 11.6. The third kappa shape index (κ3) is 6.36. The molecule has 0 bridgehead atoms. The molecule has 2 N–H and O–H groups in total. The maximum atomic E-state index is 12.1. The Morgan fingerprint density at radius 2 is 2.05 bits per heavy atom. The molecule has 1 rings (SSSR count). The molecule has 1 aromatic rings. The van der Waals surface area contributed by atoms with Gasteiger partial charge in [-0.25, -0.2) is 4.79 Å². The van der Waals surface area contributed by atoms with Crippen LogP contribution < -0.4 is 0 Å². The fourth-order valence-electron chi connectivity index (χ4n) is 1.58. The number of carbonyl (C=O) groups is 1. The first-order valence-corrected chi connectivity index (χ1v) is 7.05. The van der Waals surface area contributed by atoms with Crippen molar-refractivity contribution in [1.82, 2.24) is 4.90 Å². The van der Waals surface area contributed by atoms with Crippen LogP contribution in [0.4, 0.5) is 4.79 Å². The minimum Gasteiger partial charge on any atom is -0.444 e. The number of hydrogen-bond donors (Lipinski definition) is 2. The number of benzene rings is 1. The molecule has 0 fully saturated rings. The van der Waals surface area contributed by atoms with Gasteiger partial charge in [0.15, 0.2) is 6.29 Å². The van der Waals surface area contributed by atoms with Crippen molar-refractivity contribution in [3.63, 3.8) is 0 Å². The van der Waals surface area contributed by atoms with E-state index in [2.05, 4.69) is 15.9 Å². The maximum Gasteiger partial charge on any atom is 0.410 e. The predicted octanol–water partition coefficient (Wildman–Crippen LogP) is 2.50. The number of amides is 1. The number of aliphatic hydroxyl groups excluding tert-OH is 1. The van der Waals surface area contributed by atoms with Gasteiger partial charge in [-0.2, -0.15) is 0 Å². The van der Waals surface area contributed by atoms with Gasteiger partial charge in [-0.3, -0.25) is 4.90 Å². The highest BCUT2D eigenvalue weighted by molar-refractivity contribution is 9.10. The lowest BCUT2D eigenvalue weighted by Crippen LogP contribution is -2.40. The average Bonchev–Trinajstić information content (AvgIpc) is 2.25.